The number of piperidine rings is 1. The lowest BCUT2D eigenvalue weighted by atomic mass is 9.93. The van der Waals surface area contributed by atoms with Crippen molar-refractivity contribution < 1.29 is 19.2 Å². The van der Waals surface area contributed by atoms with Gasteiger partial charge in [-0.1, -0.05) is 30.3 Å². The first-order valence-electron chi connectivity index (χ1n) is 7.82. The van der Waals surface area contributed by atoms with E-state index in [1.54, 1.807) is 11.9 Å². The molecule has 0 bridgehead atoms. The summed E-state index contributed by atoms with van der Waals surface area (Å²) in [4.78, 5) is 31.1. The molecule has 1 fully saturated rings. The Balaban J connectivity index is 1.93. The number of hydroxylamine groups is 2. The summed E-state index contributed by atoms with van der Waals surface area (Å²) >= 11 is 0. The van der Waals surface area contributed by atoms with Crippen molar-refractivity contribution in [2.24, 2.45) is 5.92 Å². The van der Waals surface area contributed by atoms with Crippen molar-refractivity contribution >= 4 is 12.0 Å². The molecule has 0 radical (unpaired) electrons. The Morgan fingerprint density at radius 1 is 1.26 bits per heavy atom. The van der Waals surface area contributed by atoms with Gasteiger partial charge in [-0.2, -0.15) is 0 Å². The lowest BCUT2D eigenvalue weighted by Gasteiger charge is -2.37. The predicted molar refractivity (Wildman–Crippen MR) is 85.3 cm³/mol. The van der Waals surface area contributed by atoms with Gasteiger partial charge in [0, 0.05) is 19.6 Å². The second-order valence-corrected chi connectivity index (χ2v) is 5.83. The molecule has 1 heterocycles. The van der Waals surface area contributed by atoms with Gasteiger partial charge in [-0.25, -0.2) is 9.86 Å². The summed E-state index contributed by atoms with van der Waals surface area (Å²) in [5.41, 5.74) is 0.942. The summed E-state index contributed by atoms with van der Waals surface area (Å²) in [6.45, 7) is 2.57. The fourth-order valence-corrected chi connectivity index (χ4v) is 2.71. The number of hydrogen-bond acceptors (Lipinski definition) is 4. The van der Waals surface area contributed by atoms with Crippen molar-refractivity contribution in [1.29, 1.82) is 0 Å². The Labute approximate surface area is 136 Å². The molecule has 1 aliphatic heterocycles. The van der Waals surface area contributed by atoms with Crippen LogP contribution in [0.15, 0.2) is 30.3 Å². The normalized spacial score (nSPS) is 20.9. The molecule has 0 N–H and O–H groups in total. The molecule has 6 nitrogen and oxygen atoms in total. The molecule has 6 heteroatoms. The number of carbonyl (C=O) groups excluding carboxylic acids is 2. The highest BCUT2D eigenvalue weighted by molar-refractivity contribution is 5.79. The van der Waals surface area contributed by atoms with Crippen LogP contribution in [0.25, 0.3) is 0 Å². The van der Waals surface area contributed by atoms with Gasteiger partial charge in [-0.15, -0.1) is 0 Å². The molecular weight excluding hydrogens is 296 g/mol. The molecule has 126 valence electrons. The predicted octanol–water partition coefficient (Wildman–Crippen LogP) is 2.44. The Bertz CT molecular complexity index is 535. The van der Waals surface area contributed by atoms with E-state index in [-0.39, 0.29) is 30.6 Å². The van der Waals surface area contributed by atoms with Crippen molar-refractivity contribution in [3.8, 4) is 0 Å². The van der Waals surface area contributed by atoms with Crippen molar-refractivity contribution in [3.05, 3.63) is 35.9 Å². The summed E-state index contributed by atoms with van der Waals surface area (Å²) < 4.78 is 5.38. The van der Waals surface area contributed by atoms with Crippen LogP contribution in [0.4, 0.5) is 4.79 Å². The maximum absolute atomic E-state index is 12.3. The summed E-state index contributed by atoms with van der Waals surface area (Å²) in [5.74, 6) is -0.360. The molecule has 1 aliphatic rings. The van der Waals surface area contributed by atoms with E-state index in [9.17, 15) is 9.59 Å². The fraction of sp³-hybridized carbons (Fsp3) is 0.529. The van der Waals surface area contributed by atoms with Gasteiger partial charge in [-0.05, 0) is 25.3 Å². The highest BCUT2D eigenvalue weighted by Gasteiger charge is 2.34. The van der Waals surface area contributed by atoms with Crippen LogP contribution >= 0.6 is 0 Å². The van der Waals surface area contributed by atoms with Gasteiger partial charge in [-0.3, -0.25) is 9.63 Å². The van der Waals surface area contributed by atoms with Gasteiger partial charge < -0.3 is 9.64 Å². The Morgan fingerprint density at radius 2 is 1.96 bits per heavy atom. The monoisotopic (exact) mass is 320 g/mol. The molecule has 1 aromatic rings. The van der Waals surface area contributed by atoms with Gasteiger partial charge in [0.05, 0.1) is 13.0 Å². The van der Waals surface area contributed by atoms with Crippen LogP contribution in [0.3, 0.4) is 0 Å². The van der Waals surface area contributed by atoms with Crippen LogP contribution in [0.1, 0.15) is 25.3 Å². The van der Waals surface area contributed by atoms with E-state index in [2.05, 4.69) is 0 Å². The second-order valence-electron chi connectivity index (χ2n) is 5.83. The topological polar surface area (TPSA) is 59.1 Å². The zero-order valence-electron chi connectivity index (χ0n) is 13.9. The number of carbonyl (C=O) groups is 2. The summed E-state index contributed by atoms with van der Waals surface area (Å²) in [6, 6.07) is 9.61. The van der Waals surface area contributed by atoms with Crippen molar-refractivity contribution in [3.63, 3.8) is 0 Å². The molecule has 1 saturated heterocycles. The van der Waals surface area contributed by atoms with E-state index < -0.39 is 0 Å². The number of ether oxygens (including phenoxy) is 1. The standard InChI is InChI=1S/C17H24N2O4/c1-13-9-10-15(16(20)18(2)22-3)11-19(13)17(21)23-12-14-7-5-4-6-8-14/h4-8,13,15H,9-12H2,1-3H3/t13-,15+/m0/s1. The quantitative estimate of drug-likeness (QED) is 0.800. The van der Waals surface area contributed by atoms with Gasteiger partial charge in [0.2, 0.25) is 0 Å². The highest BCUT2D eigenvalue weighted by atomic mass is 16.7. The number of rotatable bonds is 4. The first-order valence-corrected chi connectivity index (χ1v) is 7.82. The average molecular weight is 320 g/mol. The van der Waals surface area contributed by atoms with Gasteiger partial charge in [0.25, 0.3) is 5.91 Å². The second kappa shape index (κ2) is 7.97. The van der Waals surface area contributed by atoms with Crippen molar-refractivity contribution in [2.75, 3.05) is 20.7 Å². The van der Waals surface area contributed by atoms with Crippen LogP contribution in [0.5, 0.6) is 0 Å². The lowest BCUT2D eigenvalue weighted by molar-refractivity contribution is -0.175. The van der Waals surface area contributed by atoms with Crippen LogP contribution < -0.4 is 0 Å². The van der Waals surface area contributed by atoms with Crippen LogP contribution in [-0.4, -0.2) is 48.7 Å². The summed E-state index contributed by atoms with van der Waals surface area (Å²) in [7, 11) is 3.04. The summed E-state index contributed by atoms with van der Waals surface area (Å²) in [6.07, 6.45) is 1.14. The van der Waals surface area contributed by atoms with Crippen molar-refractivity contribution in [2.45, 2.75) is 32.4 Å². The number of benzene rings is 1. The average Bonchev–Trinajstić information content (AvgIpc) is 2.59. The largest absolute Gasteiger partial charge is 0.445 e. The molecule has 0 aliphatic carbocycles. The van der Waals surface area contributed by atoms with Gasteiger partial charge in [0.15, 0.2) is 0 Å². The first-order chi connectivity index (χ1) is 11.0. The van der Waals surface area contributed by atoms with E-state index in [0.717, 1.165) is 18.4 Å². The van der Waals surface area contributed by atoms with Gasteiger partial charge >= 0.3 is 6.09 Å². The molecule has 0 spiro atoms. The van der Waals surface area contributed by atoms with E-state index in [1.807, 2.05) is 37.3 Å². The lowest BCUT2D eigenvalue weighted by Crippen LogP contribution is -2.49. The number of nitrogens with zero attached hydrogens (tertiary/aromatic N) is 2. The number of hydrogen-bond donors (Lipinski definition) is 0. The third kappa shape index (κ3) is 4.45. The SMILES string of the molecule is CON(C)C(=O)[C@@H]1CC[C@H](C)N(C(=O)OCc2ccccc2)C1. The maximum atomic E-state index is 12.3. The smallest absolute Gasteiger partial charge is 0.410 e. The van der Waals surface area contributed by atoms with E-state index >= 15 is 0 Å². The number of amides is 2. The summed E-state index contributed by atoms with van der Waals surface area (Å²) in [5, 5.41) is 1.22. The van der Waals surface area contributed by atoms with Gasteiger partial charge in [0.1, 0.15) is 6.61 Å². The third-order valence-corrected chi connectivity index (χ3v) is 4.26. The first kappa shape index (κ1) is 17.3. The molecule has 0 aromatic heterocycles. The van der Waals surface area contributed by atoms with E-state index in [4.69, 9.17) is 9.57 Å². The third-order valence-electron chi connectivity index (χ3n) is 4.26. The Kier molecular flexibility index (Phi) is 5.98. The zero-order valence-corrected chi connectivity index (χ0v) is 13.9. The van der Waals surface area contributed by atoms with Crippen LogP contribution in [-0.2, 0) is 21.0 Å². The molecule has 2 rings (SSSR count). The highest BCUT2D eigenvalue weighted by Crippen LogP contribution is 2.24. The molecule has 23 heavy (non-hydrogen) atoms. The maximum Gasteiger partial charge on any atom is 0.410 e. The minimum atomic E-state index is -0.376. The Hall–Kier alpha value is -2.08. The van der Waals surface area contributed by atoms with Crippen molar-refractivity contribution in [1.82, 2.24) is 9.96 Å². The molecule has 0 saturated carbocycles. The fourth-order valence-electron chi connectivity index (χ4n) is 2.71. The Morgan fingerprint density at radius 3 is 2.61 bits per heavy atom. The molecule has 2 amide bonds. The minimum absolute atomic E-state index is 0.0650. The molecule has 2 atom stereocenters. The molecular formula is C17H24N2O4. The van der Waals surface area contributed by atoms with E-state index in [1.165, 1.54) is 12.2 Å². The zero-order chi connectivity index (χ0) is 16.8. The minimum Gasteiger partial charge on any atom is -0.445 e. The molecule has 1 aromatic carbocycles. The molecule has 0 unspecified atom stereocenters. The van der Waals surface area contributed by atoms with Crippen LogP contribution in [0.2, 0.25) is 0 Å². The van der Waals surface area contributed by atoms with Crippen LogP contribution in [0, 0.1) is 5.92 Å². The van der Waals surface area contributed by atoms with E-state index in [0.29, 0.717) is 6.54 Å². The number of likely N-dealkylation sites (tertiary alicyclic amines) is 1.